The van der Waals surface area contributed by atoms with Gasteiger partial charge in [0.1, 0.15) is 0 Å². The van der Waals surface area contributed by atoms with Gasteiger partial charge >= 0.3 is 6.18 Å². The van der Waals surface area contributed by atoms with E-state index >= 15 is 0 Å². The van der Waals surface area contributed by atoms with Crippen molar-refractivity contribution in [1.29, 1.82) is 0 Å². The summed E-state index contributed by atoms with van der Waals surface area (Å²) in [6.07, 6.45) is -4.29. The first-order valence-corrected chi connectivity index (χ1v) is 4.06. The second-order valence-electron chi connectivity index (χ2n) is 2.35. The molecule has 0 saturated heterocycles. The van der Waals surface area contributed by atoms with Crippen LogP contribution in [0.2, 0.25) is 0 Å². The van der Waals surface area contributed by atoms with Gasteiger partial charge in [-0.3, -0.25) is 4.79 Å². The maximum atomic E-state index is 12.2. The van der Waals surface area contributed by atoms with Crippen molar-refractivity contribution in [2.45, 2.75) is 6.18 Å². The van der Waals surface area contributed by atoms with Crippen LogP contribution in [-0.2, 0) is 6.18 Å². The number of halogens is 4. The Morgan fingerprint density at radius 2 is 1.92 bits per heavy atom. The fourth-order valence-electron chi connectivity index (χ4n) is 0.889. The Labute approximate surface area is 80.7 Å². The van der Waals surface area contributed by atoms with Gasteiger partial charge < -0.3 is 0 Å². The molecule has 1 rings (SSSR count). The average Bonchev–Trinajstić information content (AvgIpc) is 2.01. The van der Waals surface area contributed by atoms with Gasteiger partial charge in [0.25, 0.3) is 0 Å². The molecule has 0 amide bonds. The molecule has 1 aromatic rings. The number of hydrogen-bond donors (Lipinski definition) is 0. The van der Waals surface area contributed by atoms with E-state index in [9.17, 15) is 18.0 Å². The Hall–Kier alpha value is -0.840. The highest BCUT2D eigenvalue weighted by Crippen LogP contribution is 2.32. The van der Waals surface area contributed by atoms with Crippen LogP contribution in [0.25, 0.3) is 0 Å². The molecule has 0 fully saturated rings. The minimum Gasteiger partial charge on any atom is -0.298 e. The molecule has 5 heteroatoms. The molecule has 0 bridgehead atoms. The van der Waals surface area contributed by atoms with Gasteiger partial charge in [-0.05, 0) is 18.2 Å². The molecule has 0 aliphatic heterocycles. The molecule has 0 atom stereocenters. The molecule has 0 N–H and O–H groups in total. The lowest BCUT2D eigenvalue weighted by Gasteiger charge is -2.08. The first-order valence-electron chi connectivity index (χ1n) is 3.27. The number of carbonyl (C=O) groups is 1. The van der Waals surface area contributed by atoms with Crippen molar-refractivity contribution in [2.75, 3.05) is 0 Å². The van der Waals surface area contributed by atoms with Crippen LogP contribution in [0.5, 0.6) is 0 Å². The third-order valence-electron chi connectivity index (χ3n) is 1.45. The summed E-state index contributed by atoms with van der Waals surface area (Å²) in [4.78, 5) is 10.3. The van der Waals surface area contributed by atoms with Gasteiger partial charge in [0.15, 0.2) is 6.29 Å². The van der Waals surface area contributed by atoms with Gasteiger partial charge in [0.2, 0.25) is 0 Å². The molecule has 0 aliphatic carbocycles. The van der Waals surface area contributed by atoms with Crippen LogP contribution in [0.1, 0.15) is 15.9 Å². The van der Waals surface area contributed by atoms with E-state index in [-0.39, 0.29) is 11.8 Å². The highest BCUT2D eigenvalue weighted by atomic mass is 79.9. The summed E-state index contributed by atoms with van der Waals surface area (Å²) in [7, 11) is 0. The number of alkyl halides is 3. The zero-order chi connectivity index (χ0) is 10.1. The largest absolute Gasteiger partial charge is 0.417 e. The standard InChI is InChI=1S/C8H4BrF3O/c9-6-1-2-7(8(10,11)12)5(3-6)4-13/h1-4H. The molecule has 0 heterocycles. The molecule has 13 heavy (non-hydrogen) atoms. The average molecular weight is 253 g/mol. The lowest BCUT2D eigenvalue weighted by molar-refractivity contribution is -0.137. The van der Waals surface area contributed by atoms with Crippen molar-refractivity contribution in [1.82, 2.24) is 0 Å². The third kappa shape index (κ3) is 2.30. The molecule has 0 spiro atoms. The Balaban J connectivity index is 3.29. The summed E-state index contributed by atoms with van der Waals surface area (Å²) in [5.41, 5.74) is -1.27. The first kappa shape index (κ1) is 10.2. The molecule has 0 saturated carbocycles. The van der Waals surface area contributed by atoms with E-state index < -0.39 is 11.7 Å². The summed E-state index contributed by atoms with van der Waals surface area (Å²) in [6, 6.07) is 3.25. The van der Waals surface area contributed by atoms with Crippen LogP contribution in [-0.4, -0.2) is 6.29 Å². The van der Waals surface area contributed by atoms with Gasteiger partial charge in [-0.25, -0.2) is 0 Å². The number of rotatable bonds is 1. The van der Waals surface area contributed by atoms with E-state index in [1.54, 1.807) is 0 Å². The van der Waals surface area contributed by atoms with Crippen LogP contribution in [0, 0.1) is 0 Å². The van der Waals surface area contributed by atoms with Gasteiger partial charge in [-0.1, -0.05) is 15.9 Å². The third-order valence-corrected chi connectivity index (χ3v) is 1.94. The topological polar surface area (TPSA) is 17.1 Å². The second-order valence-corrected chi connectivity index (χ2v) is 3.26. The summed E-state index contributed by atoms with van der Waals surface area (Å²) >= 11 is 2.98. The monoisotopic (exact) mass is 252 g/mol. The molecule has 0 unspecified atom stereocenters. The van der Waals surface area contributed by atoms with Crippen molar-refractivity contribution in [3.63, 3.8) is 0 Å². The van der Waals surface area contributed by atoms with Crippen LogP contribution in [0.4, 0.5) is 13.2 Å². The van der Waals surface area contributed by atoms with Crippen molar-refractivity contribution < 1.29 is 18.0 Å². The first-order chi connectivity index (χ1) is 5.95. The number of benzene rings is 1. The van der Waals surface area contributed by atoms with E-state index in [4.69, 9.17) is 0 Å². The molecule has 0 aliphatic rings. The summed E-state index contributed by atoms with van der Waals surface area (Å²) in [5, 5.41) is 0. The van der Waals surface area contributed by atoms with E-state index in [2.05, 4.69) is 15.9 Å². The molecule has 0 radical (unpaired) electrons. The van der Waals surface area contributed by atoms with Gasteiger partial charge in [-0.15, -0.1) is 0 Å². The Morgan fingerprint density at radius 3 is 2.38 bits per heavy atom. The van der Waals surface area contributed by atoms with Crippen molar-refractivity contribution >= 4 is 22.2 Å². The maximum absolute atomic E-state index is 12.2. The number of hydrogen-bond acceptors (Lipinski definition) is 1. The number of aldehydes is 1. The SMILES string of the molecule is O=Cc1cc(Br)ccc1C(F)(F)F. The highest BCUT2D eigenvalue weighted by molar-refractivity contribution is 9.10. The smallest absolute Gasteiger partial charge is 0.298 e. The molecule has 0 aromatic heterocycles. The minimum absolute atomic E-state index is 0.188. The predicted octanol–water partition coefficient (Wildman–Crippen LogP) is 3.28. The molecule has 1 nitrogen and oxygen atoms in total. The van der Waals surface area contributed by atoms with Gasteiger partial charge in [0.05, 0.1) is 5.56 Å². The van der Waals surface area contributed by atoms with Crippen LogP contribution in [0.3, 0.4) is 0 Å². The van der Waals surface area contributed by atoms with Crippen LogP contribution in [0.15, 0.2) is 22.7 Å². The molecular formula is C8H4BrF3O. The summed E-state index contributed by atoms with van der Waals surface area (Å²) in [6.45, 7) is 0. The minimum atomic E-state index is -4.48. The summed E-state index contributed by atoms with van der Waals surface area (Å²) < 4.78 is 37.0. The zero-order valence-corrected chi connectivity index (χ0v) is 7.82. The van der Waals surface area contributed by atoms with E-state index in [1.807, 2.05) is 0 Å². The van der Waals surface area contributed by atoms with Crippen molar-refractivity contribution in [3.8, 4) is 0 Å². The molecular weight excluding hydrogens is 249 g/mol. The van der Waals surface area contributed by atoms with Crippen LogP contribution >= 0.6 is 15.9 Å². The highest BCUT2D eigenvalue weighted by Gasteiger charge is 2.33. The van der Waals surface area contributed by atoms with E-state index in [1.165, 1.54) is 6.07 Å². The van der Waals surface area contributed by atoms with Gasteiger partial charge in [0, 0.05) is 10.0 Å². The quantitative estimate of drug-likeness (QED) is 0.702. The Morgan fingerprint density at radius 1 is 1.31 bits per heavy atom. The zero-order valence-electron chi connectivity index (χ0n) is 6.23. The lowest BCUT2D eigenvalue weighted by Crippen LogP contribution is -2.08. The molecule has 1 aromatic carbocycles. The van der Waals surface area contributed by atoms with Crippen molar-refractivity contribution in [2.24, 2.45) is 0 Å². The molecule has 70 valence electrons. The Bertz CT molecular complexity index is 333. The van der Waals surface area contributed by atoms with Crippen molar-refractivity contribution in [3.05, 3.63) is 33.8 Å². The van der Waals surface area contributed by atoms with E-state index in [0.29, 0.717) is 4.47 Å². The second kappa shape index (κ2) is 3.49. The van der Waals surface area contributed by atoms with E-state index in [0.717, 1.165) is 12.1 Å². The van der Waals surface area contributed by atoms with Crippen LogP contribution < -0.4 is 0 Å². The summed E-state index contributed by atoms with van der Waals surface area (Å²) in [5.74, 6) is 0. The fraction of sp³-hybridized carbons (Fsp3) is 0.125. The lowest BCUT2D eigenvalue weighted by atomic mass is 10.1. The predicted molar refractivity (Wildman–Crippen MR) is 44.5 cm³/mol. The normalized spacial score (nSPS) is 11.4. The Kier molecular flexibility index (Phi) is 2.75. The fourth-order valence-corrected chi connectivity index (χ4v) is 1.27. The van der Waals surface area contributed by atoms with Gasteiger partial charge in [-0.2, -0.15) is 13.2 Å². The number of carbonyl (C=O) groups excluding carboxylic acids is 1. The maximum Gasteiger partial charge on any atom is 0.417 e.